The van der Waals surface area contributed by atoms with Crippen molar-refractivity contribution in [1.29, 1.82) is 0 Å². The molecule has 0 unspecified atom stereocenters. The number of rotatable bonds is 2. The van der Waals surface area contributed by atoms with Crippen LogP contribution in [0.3, 0.4) is 0 Å². The number of hydrogen-bond donors (Lipinski definition) is 1. The second-order valence-electron chi connectivity index (χ2n) is 4.62. The van der Waals surface area contributed by atoms with Crippen LogP contribution >= 0.6 is 11.3 Å². The minimum absolute atomic E-state index is 0.697. The maximum absolute atomic E-state index is 8.98. The molecule has 0 aliphatic carbocycles. The zero-order valence-corrected chi connectivity index (χ0v) is 11.4. The number of benzene rings is 3. The first-order chi connectivity index (χ1) is 9.88. The van der Waals surface area contributed by atoms with E-state index in [0.29, 0.717) is 5.75 Å². The summed E-state index contributed by atoms with van der Waals surface area (Å²) in [7, 11) is 0.744. The van der Waals surface area contributed by atoms with Crippen LogP contribution in [0.15, 0.2) is 54.6 Å². The maximum Gasteiger partial charge on any atom is 0.569 e. The molecular weight excluding hydrogens is 267 g/mol. The smallest absolute Gasteiger partial charge is 0.536 e. The van der Waals surface area contributed by atoms with Crippen molar-refractivity contribution in [2.45, 2.75) is 0 Å². The summed E-state index contributed by atoms with van der Waals surface area (Å²) in [5.74, 6) is 0.697. The Kier molecular flexibility index (Phi) is 2.65. The summed E-state index contributed by atoms with van der Waals surface area (Å²) >= 11 is 1.69. The normalized spacial score (nSPS) is 11.2. The summed E-state index contributed by atoms with van der Waals surface area (Å²) in [6.45, 7) is 0. The van der Waals surface area contributed by atoms with Gasteiger partial charge in [-0.25, -0.2) is 0 Å². The summed E-state index contributed by atoms with van der Waals surface area (Å²) in [6, 6.07) is 18.6. The highest BCUT2D eigenvalue weighted by atomic mass is 32.1. The molecule has 1 radical (unpaired) electrons. The Balaban J connectivity index is 2.27. The molecule has 1 heterocycles. The van der Waals surface area contributed by atoms with Crippen LogP contribution in [-0.4, -0.2) is 12.7 Å². The zero-order valence-electron chi connectivity index (χ0n) is 10.5. The van der Waals surface area contributed by atoms with Crippen LogP contribution in [0.1, 0.15) is 0 Å². The highest BCUT2D eigenvalue weighted by Crippen LogP contribution is 2.43. The van der Waals surface area contributed by atoms with Gasteiger partial charge < -0.3 is 9.68 Å². The fourth-order valence-electron chi connectivity index (χ4n) is 2.69. The molecule has 4 heteroatoms. The van der Waals surface area contributed by atoms with E-state index in [-0.39, 0.29) is 0 Å². The van der Waals surface area contributed by atoms with Crippen LogP contribution in [0.25, 0.3) is 30.9 Å². The van der Waals surface area contributed by atoms with Crippen molar-refractivity contribution in [2.75, 3.05) is 0 Å². The first kappa shape index (κ1) is 11.8. The van der Waals surface area contributed by atoms with E-state index < -0.39 is 0 Å². The maximum atomic E-state index is 8.98. The number of thiophene rings is 1. The van der Waals surface area contributed by atoms with E-state index in [1.807, 2.05) is 24.3 Å². The molecule has 0 aliphatic rings. The monoisotopic (exact) mass is 277 g/mol. The average Bonchev–Trinajstić information content (AvgIpc) is 2.88. The fraction of sp³-hybridized carbons (Fsp3) is 0. The lowest BCUT2D eigenvalue weighted by Gasteiger charge is -2.07. The van der Waals surface area contributed by atoms with Crippen molar-refractivity contribution in [2.24, 2.45) is 0 Å². The average molecular weight is 277 g/mol. The first-order valence-electron chi connectivity index (χ1n) is 6.34. The van der Waals surface area contributed by atoms with E-state index in [0.717, 1.165) is 17.8 Å². The van der Waals surface area contributed by atoms with E-state index >= 15 is 0 Å². The molecule has 0 bridgehead atoms. The molecule has 0 saturated carbocycles. The van der Waals surface area contributed by atoms with Gasteiger partial charge in [0.2, 0.25) is 0 Å². The molecule has 1 aromatic heterocycles. The second-order valence-corrected chi connectivity index (χ2v) is 5.67. The van der Waals surface area contributed by atoms with E-state index in [2.05, 4.69) is 30.3 Å². The lowest BCUT2D eigenvalue weighted by molar-refractivity contribution is 0.457. The summed E-state index contributed by atoms with van der Waals surface area (Å²) in [5.41, 5.74) is 0. The molecule has 0 fully saturated rings. The Morgan fingerprint density at radius 3 is 2.55 bits per heavy atom. The van der Waals surface area contributed by atoms with Crippen molar-refractivity contribution in [3.05, 3.63) is 54.6 Å². The predicted molar refractivity (Wildman–Crippen MR) is 85.4 cm³/mol. The van der Waals surface area contributed by atoms with Gasteiger partial charge in [-0.2, -0.15) is 0 Å². The van der Waals surface area contributed by atoms with Gasteiger partial charge in [0.25, 0.3) is 0 Å². The lowest BCUT2D eigenvalue weighted by Crippen LogP contribution is -1.99. The molecule has 0 aliphatic heterocycles. The van der Waals surface area contributed by atoms with Crippen molar-refractivity contribution < 1.29 is 9.68 Å². The van der Waals surface area contributed by atoms with Gasteiger partial charge in [0.1, 0.15) is 5.75 Å². The minimum Gasteiger partial charge on any atom is -0.536 e. The molecule has 20 heavy (non-hydrogen) atoms. The lowest BCUT2D eigenvalue weighted by atomic mass is 10.0. The van der Waals surface area contributed by atoms with E-state index in [4.69, 9.17) is 9.68 Å². The van der Waals surface area contributed by atoms with Gasteiger partial charge in [-0.1, -0.05) is 42.5 Å². The predicted octanol–water partition coefficient (Wildman–Crippen LogP) is 4.11. The Hall–Kier alpha value is -2.04. The Labute approximate surface area is 120 Å². The van der Waals surface area contributed by atoms with E-state index in [9.17, 15) is 0 Å². The van der Waals surface area contributed by atoms with Crippen molar-refractivity contribution in [1.82, 2.24) is 0 Å². The van der Waals surface area contributed by atoms with Crippen molar-refractivity contribution in [3.63, 3.8) is 0 Å². The summed E-state index contributed by atoms with van der Waals surface area (Å²) in [5, 5.41) is 13.7. The van der Waals surface area contributed by atoms with Crippen molar-refractivity contribution >= 4 is 50.0 Å². The fourth-order valence-corrected chi connectivity index (χ4v) is 3.86. The molecule has 0 saturated heterocycles. The van der Waals surface area contributed by atoms with Crippen LogP contribution in [0.2, 0.25) is 0 Å². The quantitative estimate of drug-likeness (QED) is 0.559. The molecule has 4 rings (SSSR count). The third kappa shape index (κ3) is 1.62. The molecule has 4 aromatic rings. The van der Waals surface area contributed by atoms with Gasteiger partial charge in [0, 0.05) is 15.5 Å². The largest absolute Gasteiger partial charge is 0.569 e. The van der Waals surface area contributed by atoms with Crippen LogP contribution < -0.4 is 4.65 Å². The van der Waals surface area contributed by atoms with Crippen LogP contribution in [0, 0.1) is 0 Å². The summed E-state index contributed by atoms with van der Waals surface area (Å²) in [4.78, 5) is 0. The van der Waals surface area contributed by atoms with E-state index in [1.54, 1.807) is 11.3 Å². The molecule has 0 amide bonds. The molecule has 1 N–H and O–H groups in total. The van der Waals surface area contributed by atoms with E-state index in [1.165, 1.54) is 20.9 Å². The molecule has 0 atom stereocenters. The van der Waals surface area contributed by atoms with Gasteiger partial charge >= 0.3 is 7.69 Å². The summed E-state index contributed by atoms with van der Waals surface area (Å²) in [6.07, 6.45) is 0. The molecule has 95 valence electrons. The highest BCUT2D eigenvalue weighted by Gasteiger charge is 2.13. The van der Waals surface area contributed by atoms with Crippen LogP contribution in [0.5, 0.6) is 5.75 Å². The molecule has 0 spiro atoms. The Morgan fingerprint density at radius 1 is 0.950 bits per heavy atom. The minimum atomic E-state index is 0.697. The number of hydrogen-bond acceptors (Lipinski definition) is 3. The van der Waals surface area contributed by atoms with Gasteiger partial charge in [0.05, 0.1) is 4.70 Å². The van der Waals surface area contributed by atoms with Gasteiger partial charge in [-0.15, -0.1) is 11.3 Å². The highest BCUT2D eigenvalue weighted by molar-refractivity contribution is 7.26. The van der Waals surface area contributed by atoms with Gasteiger partial charge in [-0.3, -0.25) is 0 Å². The Morgan fingerprint density at radius 2 is 1.70 bits per heavy atom. The first-order valence-corrected chi connectivity index (χ1v) is 7.15. The van der Waals surface area contributed by atoms with Crippen LogP contribution in [-0.2, 0) is 0 Å². The Bertz CT molecular complexity index is 930. The second kappa shape index (κ2) is 4.51. The third-order valence-corrected chi connectivity index (χ3v) is 4.70. The molecule has 3 aromatic carbocycles. The van der Waals surface area contributed by atoms with Crippen LogP contribution in [0.4, 0.5) is 0 Å². The van der Waals surface area contributed by atoms with Gasteiger partial charge in [-0.05, 0) is 22.9 Å². The number of fused-ring (bicyclic) bond motifs is 5. The zero-order chi connectivity index (χ0) is 13.5. The molecular formula is C16H10BO2S. The van der Waals surface area contributed by atoms with Crippen molar-refractivity contribution in [3.8, 4) is 5.75 Å². The van der Waals surface area contributed by atoms with Gasteiger partial charge in [0.15, 0.2) is 0 Å². The topological polar surface area (TPSA) is 29.5 Å². The standard InChI is InChI=1S/C16H10BO2S/c18-17-19-13-9-10-5-1-2-6-11(10)15-12-7-3-4-8-14(12)20-16(13)15/h1-9,18H. The molecule has 2 nitrogen and oxygen atoms in total. The third-order valence-electron chi connectivity index (χ3n) is 3.52. The SMILES string of the molecule is O[B]Oc1cc2ccccc2c2c1sc1ccccc12. The summed E-state index contributed by atoms with van der Waals surface area (Å²) < 4.78 is 7.59.